The Morgan fingerprint density at radius 1 is 1.25 bits per heavy atom. The first-order valence-corrected chi connectivity index (χ1v) is 5.74. The Morgan fingerprint density at radius 3 is 2.38 bits per heavy atom. The molecular formula is C13H22N2O. The van der Waals surface area contributed by atoms with Gasteiger partial charge in [0.1, 0.15) is 5.75 Å². The number of ether oxygens (including phenoxy) is 1. The van der Waals surface area contributed by atoms with Crippen LogP contribution in [0.1, 0.15) is 26.3 Å². The molecule has 1 aromatic rings. The summed E-state index contributed by atoms with van der Waals surface area (Å²) in [5, 5.41) is 3.41. The fourth-order valence-corrected chi connectivity index (χ4v) is 1.28. The number of rotatable bonds is 6. The van der Waals surface area contributed by atoms with Crippen molar-refractivity contribution in [3.63, 3.8) is 0 Å². The Kier molecular flexibility index (Phi) is 4.77. The first kappa shape index (κ1) is 13.0. The molecular weight excluding hydrogens is 200 g/mol. The Labute approximate surface area is 98.0 Å². The molecule has 90 valence electrons. The molecule has 1 rings (SSSR count). The van der Waals surface area contributed by atoms with Crippen molar-refractivity contribution in [1.29, 1.82) is 0 Å². The maximum atomic E-state index is 5.65. The zero-order valence-corrected chi connectivity index (χ0v) is 10.4. The standard InChI is InChI=1S/C13H22N2O/c1-4-16-12-7-5-11(6-8-12)9-15-13(2,3)10-14/h5-8,15H,4,9-10,14H2,1-3H3. The van der Waals surface area contributed by atoms with E-state index in [-0.39, 0.29) is 5.54 Å². The fourth-order valence-electron chi connectivity index (χ4n) is 1.28. The van der Waals surface area contributed by atoms with Crippen molar-refractivity contribution in [3.8, 4) is 5.75 Å². The minimum absolute atomic E-state index is 0.0153. The van der Waals surface area contributed by atoms with Gasteiger partial charge < -0.3 is 15.8 Å². The molecule has 0 aliphatic carbocycles. The van der Waals surface area contributed by atoms with Crippen LogP contribution in [0.3, 0.4) is 0 Å². The van der Waals surface area contributed by atoms with E-state index in [9.17, 15) is 0 Å². The molecule has 3 N–H and O–H groups in total. The van der Waals surface area contributed by atoms with Gasteiger partial charge in [-0.3, -0.25) is 0 Å². The van der Waals surface area contributed by atoms with E-state index in [0.29, 0.717) is 13.2 Å². The van der Waals surface area contributed by atoms with Crippen molar-refractivity contribution in [2.45, 2.75) is 32.9 Å². The number of nitrogens with one attached hydrogen (secondary N) is 1. The number of hydrogen-bond donors (Lipinski definition) is 2. The second-order valence-corrected chi connectivity index (χ2v) is 4.52. The van der Waals surface area contributed by atoms with Crippen LogP contribution in [-0.4, -0.2) is 18.7 Å². The predicted molar refractivity (Wildman–Crippen MR) is 67.6 cm³/mol. The van der Waals surface area contributed by atoms with Gasteiger partial charge in [0, 0.05) is 18.6 Å². The predicted octanol–water partition coefficient (Wildman–Crippen LogP) is 1.91. The smallest absolute Gasteiger partial charge is 0.119 e. The Balaban J connectivity index is 2.49. The van der Waals surface area contributed by atoms with Crippen LogP contribution < -0.4 is 15.8 Å². The summed E-state index contributed by atoms with van der Waals surface area (Å²) in [5.41, 5.74) is 6.88. The molecule has 0 amide bonds. The zero-order chi connectivity index (χ0) is 12.0. The minimum atomic E-state index is -0.0153. The Bertz CT molecular complexity index is 306. The topological polar surface area (TPSA) is 47.3 Å². The summed E-state index contributed by atoms with van der Waals surface area (Å²) in [5.74, 6) is 0.921. The SMILES string of the molecule is CCOc1ccc(CNC(C)(C)CN)cc1. The lowest BCUT2D eigenvalue weighted by molar-refractivity contribution is 0.340. The third kappa shape index (κ3) is 4.21. The van der Waals surface area contributed by atoms with E-state index in [1.54, 1.807) is 0 Å². The minimum Gasteiger partial charge on any atom is -0.494 e. The third-order valence-corrected chi connectivity index (χ3v) is 2.52. The molecule has 0 bridgehead atoms. The molecule has 1 aromatic carbocycles. The van der Waals surface area contributed by atoms with Crippen molar-refractivity contribution in [3.05, 3.63) is 29.8 Å². The van der Waals surface area contributed by atoms with Gasteiger partial charge in [-0.05, 0) is 38.5 Å². The van der Waals surface area contributed by atoms with E-state index in [4.69, 9.17) is 10.5 Å². The second kappa shape index (κ2) is 5.87. The lowest BCUT2D eigenvalue weighted by atomic mass is 10.1. The summed E-state index contributed by atoms with van der Waals surface area (Å²) >= 11 is 0. The van der Waals surface area contributed by atoms with Gasteiger partial charge in [-0.2, -0.15) is 0 Å². The molecule has 0 heterocycles. The number of benzene rings is 1. The third-order valence-electron chi connectivity index (χ3n) is 2.52. The second-order valence-electron chi connectivity index (χ2n) is 4.52. The van der Waals surface area contributed by atoms with Crippen LogP contribution in [0, 0.1) is 0 Å². The molecule has 0 fully saturated rings. The van der Waals surface area contributed by atoms with Gasteiger partial charge in [0.25, 0.3) is 0 Å². The molecule has 3 nitrogen and oxygen atoms in total. The van der Waals surface area contributed by atoms with E-state index < -0.39 is 0 Å². The van der Waals surface area contributed by atoms with Crippen molar-refractivity contribution >= 4 is 0 Å². The maximum Gasteiger partial charge on any atom is 0.119 e. The van der Waals surface area contributed by atoms with Gasteiger partial charge in [0.15, 0.2) is 0 Å². The fraction of sp³-hybridized carbons (Fsp3) is 0.538. The molecule has 0 atom stereocenters. The van der Waals surface area contributed by atoms with Crippen LogP contribution >= 0.6 is 0 Å². The van der Waals surface area contributed by atoms with Gasteiger partial charge >= 0.3 is 0 Å². The highest BCUT2D eigenvalue weighted by molar-refractivity contribution is 5.27. The number of hydrogen-bond acceptors (Lipinski definition) is 3. The summed E-state index contributed by atoms with van der Waals surface area (Å²) in [6.45, 7) is 8.35. The van der Waals surface area contributed by atoms with Gasteiger partial charge in [-0.1, -0.05) is 12.1 Å². The van der Waals surface area contributed by atoms with Gasteiger partial charge in [-0.15, -0.1) is 0 Å². The van der Waals surface area contributed by atoms with Gasteiger partial charge in [0.05, 0.1) is 6.61 Å². The van der Waals surface area contributed by atoms with Crippen LogP contribution in [0.4, 0.5) is 0 Å². The van der Waals surface area contributed by atoms with Crippen LogP contribution in [-0.2, 0) is 6.54 Å². The average molecular weight is 222 g/mol. The normalized spacial score (nSPS) is 11.5. The summed E-state index contributed by atoms with van der Waals surface area (Å²) < 4.78 is 5.39. The Morgan fingerprint density at radius 2 is 1.88 bits per heavy atom. The monoisotopic (exact) mass is 222 g/mol. The summed E-state index contributed by atoms with van der Waals surface area (Å²) in [6, 6.07) is 8.14. The van der Waals surface area contributed by atoms with Crippen LogP contribution in [0.5, 0.6) is 5.75 Å². The molecule has 0 saturated carbocycles. The lowest BCUT2D eigenvalue weighted by Gasteiger charge is -2.24. The molecule has 0 aliphatic heterocycles. The molecule has 16 heavy (non-hydrogen) atoms. The number of nitrogens with two attached hydrogens (primary N) is 1. The van der Waals surface area contributed by atoms with Crippen molar-refractivity contribution in [1.82, 2.24) is 5.32 Å². The van der Waals surface area contributed by atoms with Gasteiger partial charge in [-0.25, -0.2) is 0 Å². The molecule has 0 saturated heterocycles. The lowest BCUT2D eigenvalue weighted by Crippen LogP contribution is -2.45. The molecule has 3 heteroatoms. The Hall–Kier alpha value is -1.06. The molecule has 0 spiro atoms. The van der Waals surface area contributed by atoms with Crippen molar-refractivity contribution in [2.75, 3.05) is 13.2 Å². The van der Waals surface area contributed by atoms with E-state index in [1.807, 2.05) is 19.1 Å². The molecule has 0 aromatic heterocycles. The van der Waals surface area contributed by atoms with Crippen LogP contribution in [0.15, 0.2) is 24.3 Å². The van der Waals surface area contributed by atoms with Crippen molar-refractivity contribution < 1.29 is 4.74 Å². The summed E-state index contributed by atoms with van der Waals surface area (Å²) in [7, 11) is 0. The zero-order valence-electron chi connectivity index (χ0n) is 10.4. The van der Waals surface area contributed by atoms with Gasteiger partial charge in [0.2, 0.25) is 0 Å². The average Bonchev–Trinajstić information content (AvgIpc) is 2.29. The summed E-state index contributed by atoms with van der Waals surface area (Å²) in [6.07, 6.45) is 0. The maximum absolute atomic E-state index is 5.65. The van der Waals surface area contributed by atoms with E-state index in [1.165, 1.54) is 5.56 Å². The highest BCUT2D eigenvalue weighted by Crippen LogP contribution is 2.12. The van der Waals surface area contributed by atoms with Crippen LogP contribution in [0.25, 0.3) is 0 Å². The first-order chi connectivity index (χ1) is 7.57. The molecule has 0 radical (unpaired) electrons. The van der Waals surface area contributed by atoms with Crippen LogP contribution in [0.2, 0.25) is 0 Å². The highest BCUT2D eigenvalue weighted by atomic mass is 16.5. The first-order valence-electron chi connectivity index (χ1n) is 5.74. The van der Waals surface area contributed by atoms with E-state index in [2.05, 4.69) is 31.3 Å². The highest BCUT2D eigenvalue weighted by Gasteiger charge is 2.13. The molecule has 0 unspecified atom stereocenters. The van der Waals surface area contributed by atoms with E-state index in [0.717, 1.165) is 12.3 Å². The quantitative estimate of drug-likeness (QED) is 0.773. The van der Waals surface area contributed by atoms with E-state index >= 15 is 0 Å². The largest absolute Gasteiger partial charge is 0.494 e. The molecule has 0 aliphatic rings. The van der Waals surface area contributed by atoms with Crippen molar-refractivity contribution in [2.24, 2.45) is 5.73 Å². The summed E-state index contributed by atoms with van der Waals surface area (Å²) in [4.78, 5) is 0.